The molecule has 0 aliphatic heterocycles. The van der Waals surface area contributed by atoms with E-state index in [0.717, 1.165) is 0 Å². The molecule has 2 unspecified atom stereocenters. The summed E-state index contributed by atoms with van der Waals surface area (Å²) in [6.45, 7) is 2.61. The largest absolute Gasteiger partial charge is 0.493 e. The molecule has 0 radical (unpaired) electrons. The minimum absolute atomic E-state index is 0.213. The van der Waals surface area contributed by atoms with Gasteiger partial charge in [0.05, 0.1) is 12.7 Å². The van der Waals surface area contributed by atoms with E-state index in [1.165, 1.54) is 12.1 Å². The number of para-hydroxylation sites is 1. The molecule has 2 aromatic rings. The van der Waals surface area contributed by atoms with Crippen LogP contribution >= 0.6 is 0 Å². The number of nitrogens with two attached hydrogens (primary N) is 1. The van der Waals surface area contributed by atoms with Gasteiger partial charge in [-0.1, -0.05) is 30.3 Å². The maximum atomic E-state index is 13.4. The molecule has 2 aromatic carbocycles. The first kappa shape index (κ1) is 15.5. The third-order valence-electron chi connectivity index (χ3n) is 3.45. The SMILES string of the molecule is CCOc1ccccc1C(O)C(CN)c1cccc(F)c1. The van der Waals surface area contributed by atoms with Crippen LogP contribution in [0.3, 0.4) is 0 Å². The predicted octanol–water partition coefficient (Wildman–Crippen LogP) is 3.00. The van der Waals surface area contributed by atoms with E-state index >= 15 is 0 Å². The van der Waals surface area contributed by atoms with E-state index in [0.29, 0.717) is 23.5 Å². The number of rotatable bonds is 6. The quantitative estimate of drug-likeness (QED) is 0.859. The molecular formula is C17H20FNO2. The zero-order valence-electron chi connectivity index (χ0n) is 12.0. The summed E-state index contributed by atoms with van der Waals surface area (Å²) in [5.41, 5.74) is 7.14. The number of benzene rings is 2. The van der Waals surface area contributed by atoms with Gasteiger partial charge >= 0.3 is 0 Å². The molecule has 3 nitrogen and oxygen atoms in total. The summed E-state index contributed by atoms with van der Waals surface area (Å²) in [4.78, 5) is 0. The Balaban J connectivity index is 2.34. The van der Waals surface area contributed by atoms with Gasteiger partial charge < -0.3 is 15.6 Å². The molecular weight excluding hydrogens is 269 g/mol. The van der Waals surface area contributed by atoms with E-state index in [1.807, 2.05) is 19.1 Å². The van der Waals surface area contributed by atoms with Crippen LogP contribution in [-0.4, -0.2) is 18.3 Å². The fourth-order valence-corrected chi connectivity index (χ4v) is 2.41. The monoisotopic (exact) mass is 289 g/mol. The maximum absolute atomic E-state index is 13.4. The van der Waals surface area contributed by atoms with Crippen LogP contribution < -0.4 is 10.5 Å². The minimum Gasteiger partial charge on any atom is -0.493 e. The Morgan fingerprint density at radius 2 is 1.95 bits per heavy atom. The van der Waals surface area contributed by atoms with Gasteiger partial charge in [-0.15, -0.1) is 0 Å². The highest BCUT2D eigenvalue weighted by molar-refractivity contribution is 5.38. The predicted molar refractivity (Wildman–Crippen MR) is 80.8 cm³/mol. The van der Waals surface area contributed by atoms with E-state index in [9.17, 15) is 9.50 Å². The van der Waals surface area contributed by atoms with Gasteiger partial charge in [0, 0.05) is 18.0 Å². The van der Waals surface area contributed by atoms with Gasteiger partial charge in [0.25, 0.3) is 0 Å². The second kappa shape index (κ2) is 7.20. The molecule has 0 aliphatic carbocycles. The van der Waals surface area contributed by atoms with Crippen LogP contribution in [0.25, 0.3) is 0 Å². The molecule has 0 spiro atoms. The van der Waals surface area contributed by atoms with Crippen LogP contribution in [0.1, 0.15) is 30.1 Å². The van der Waals surface area contributed by atoms with Crippen molar-refractivity contribution in [3.63, 3.8) is 0 Å². The van der Waals surface area contributed by atoms with E-state index in [-0.39, 0.29) is 18.3 Å². The van der Waals surface area contributed by atoms with E-state index < -0.39 is 6.10 Å². The Morgan fingerprint density at radius 3 is 2.62 bits per heavy atom. The van der Waals surface area contributed by atoms with Crippen molar-refractivity contribution < 1.29 is 14.2 Å². The summed E-state index contributed by atoms with van der Waals surface area (Å²) >= 11 is 0. The first-order chi connectivity index (χ1) is 10.2. The Labute approximate surface area is 124 Å². The highest BCUT2D eigenvalue weighted by Gasteiger charge is 2.24. The lowest BCUT2D eigenvalue weighted by Crippen LogP contribution is -2.21. The number of aliphatic hydroxyl groups is 1. The third kappa shape index (κ3) is 3.60. The zero-order chi connectivity index (χ0) is 15.2. The van der Waals surface area contributed by atoms with Crippen molar-refractivity contribution in [3.05, 3.63) is 65.5 Å². The van der Waals surface area contributed by atoms with Crippen LogP contribution in [-0.2, 0) is 0 Å². The molecule has 112 valence electrons. The second-order valence-electron chi connectivity index (χ2n) is 4.81. The normalized spacial score (nSPS) is 13.7. The summed E-state index contributed by atoms with van der Waals surface area (Å²) in [7, 11) is 0. The molecule has 0 aliphatic rings. The van der Waals surface area contributed by atoms with Crippen molar-refractivity contribution in [3.8, 4) is 5.75 Å². The summed E-state index contributed by atoms with van der Waals surface area (Å²) in [5.74, 6) is -0.0964. The van der Waals surface area contributed by atoms with Crippen LogP contribution in [0.2, 0.25) is 0 Å². The summed E-state index contributed by atoms with van der Waals surface area (Å²) < 4.78 is 18.9. The van der Waals surface area contributed by atoms with Crippen LogP contribution in [0.5, 0.6) is 5.75 Å². The fourth-order valence-electron chi connectivity index (χ4n) is 2.41. The number of halogens is 1. The molecule has 0 saturated carbocycles. The topological polar surface area (TPSA) is 55.5 Å². The highest BCUT2D eigenvalue weighted by Crippen LogP contribution is 2.35. The van der Waals surface area contributed by atoms with Gasteiger partial charge in [0.15, 0.2) is 0 Å². The molecule has 0 aromatic heterocycles. The standard InChI is InChI=1S/C17H20FNO2/c1-2-21-16-9-4-3-8-14(16)17(20)15(11-19)12-6-5-7-13(18)10-12/h3-10,15,17,20H,2,11,19H2,1H3. The molecule has 0 saturated heterocycles. The lowest BCUT2D eigenvalue weighted by molar-refractivity contribution is 0.142. The van der Waals surface area contributed by atoms with Crippen LogP contribution in [0, 0.1) is 5.82 Å². The van der Waals surface area contributed by atoms with Crippen molar-refractivity contribution in [1.82, 2.24) is 0 Å². The molecule has 0 bridgehead atoms. The first-order valence-electron chi connectivity index (χ1n) is 7.02. The number of hydrogen-bond acceptors (Lipinski definition) is 3. The van der Waals surface area contributed by atoms with E-state index in [2.05, 4.69) is 0 Å². The van der Waals surface area contributed by atoms with Gasteiger partial charge in [-0.05, 0) is 30.7 Å². The van der Waals surface area contributed by atoms with E-state index in [4.69, 9.17) is 10.5 Å². The molecule has 0 heterocycles. The molecule has 21 heavy (non-hydrogen) atoms. The molecule has 3 N–H and O–H groups in total. The van der Waals surface area contributed by atoms with Crippen molar-refractivity contribution in [2.45, 2.75) is 18.9 Å². The molecule has 2 atom stereocenters. The number of hydrogen-bond donors (Lipinski definition) is 2. The Bertz CT molecular complexity index is 589. The van der Waals surface area contributed by atoms with Crippen molar-refractivity contribution >= 4 is 0 Å². The van der Waals surface area contributed by atoms with Gasteiger partial charge in [-0.3, -0.25) is 0 Å². The van der Waals surface area contributed by atoms with Crippen molar-refractivity contribution in [1.29, 1.82) is 0 Å². The van der Waals surface area contributed by atoms with Crippen LogP contribution in [0.4, 0.5) is 4.39 Å². The Hall–Kier alpha value is -1.91. The lowest BCUT2D eigenvalue weighted by Gasteiger charge is -2.24. The summed E-state index contributed by atoms with van der Waals surface area (Å²) in [5, 5.41) is 10.6. The number of ether oxygens (including phenoxy) is 1. The average molecular weight is 289 g/mol. The fraction of sp³-hybridized carbons (Fsp3) is 0.294. The Kier molecular flexibility index (Phi) is 5.31. The lowest BCUT2D eigenvalue weighted by atomic mass is 9.89. The average Bonchev–Trinajstić information content (AvgIpc) is 2.49. The van der Waals surface area contributed by atoms with Gasteiger partial charge in [-0.25, -0.2) is 4.39 Å². The van der Waals surface area contributed by atoms with Crippen LogP contribution in [0.15, 0.2) is 48.5 Å². The summed E-state index contributed by atoms with van der Waals surface area (Å²) in [6.07, 6.45) is -0.848. The Morgan fingerprint density at radius 1 is 1.19 bits per heavy atom. The molecule has 0 fully saturated rings. The minimum atomic E-state index is -0.848. The van der Waals surface area contributed by atoms with Gasteiger partial charge in [0.2, 0.25) is 0 Å². The second-order valence-corrected chi connectivity index (χ2v) is 4.81. The first-order valence-corrected chi connectivity index (χ1v) is 7.02. The van der Waals surface area contributed by atoms with Gasteiger partial charge in [0.1, 0.15) is 11.6 Å². The molecule has 2 rings (SSSR count). The van der Waals surface area contributed by atoms with Crippen molar-refractivity contribution in [2.24, 2.45) is 5.73 Å². The van der Waals surface area contributed by atoms with Crippen molar-refractivity contribution in [2.75, 3.05) is 13.2 Å². The third-order valence-corrected chi connectivity index (χ3v) is 3.45. The smallest absolute Gasteiger partial charge is 0.125 e. The highest BCUT2D eigenvalue weighted by atomic mass is 19.1. The summed E-state index contributed by atoms with van der Waals surface area (Å²) in [6, 6.07) is 13.5. The maximum Gasteiger partial charge on any atom is 0.125 e. The molecule has 0 amide bonds. The zero-order valence-corrected chi connectivity index (χ0v) is 12.0. The number of aliphatic hydroxyl groups excluding tert-OH is 1. The molecule has 4 heteroatoms. The van der Waals surface area contributed by atoms with E-state index in [1.54, 1.807) is 24.3 Å². The van der Waals surface area contributed by atoms with Gasteiger partial charge in [-0.2, -0.15) is 0 Å².